The first-order valence-electron chi connectivity index (χ1n) is 11.1. The van der Waals surface area contributed by atoms with E-state index in [1.807, 2.05) is 48.5 Å². The second kappa shape index (κ2) is 10.7. The van der Waals surface area contributed by atoms with Gasteiger partial charge in [0.25, 0.3) is 5.56 Å². The predicted octanol–water partition coefficient (Wildman–Crippen LogP) is 5.45. The minimum Gasteiger partial charge on any atom is -0.460 e. The summed E-state index contributed by atoms with van der Waals surface area (Å²) in [5, 5.41) is 5.42. The molecule has 0 saturated carbocycles. The molecule has 0 aliphatic heterocycles. The first-order chi connectivity index (χ1) is 16.0. The maximum Gasteiger partial charge on any atom is 0.309 e. The third-order valence-electron chi connectivity index (χ3n) is 5.18. The van der Waals surface area contributed by atoms with Crippen molar-refractivity contribution < 1.29 is 18.8 Å². The van der Waals surface area contributed by atoms with Crippen LogP contribution in [0.2, 0.25) is 5.02 Å². The van der Waals surface area contributed by atoms with Gasteiger partial charge in [-0.3, -0.25) is 19.7 Å². The second-order valence-electron chi connectivity index (χ2n) is 9.34. The lowest BCUT2D eigenvalue weighted by Crippen LogP contribution is -2.32. The van der Waals surface area contributed by atoms with Gasteiger partial charge in [0.1, 0.15) is 5.60 Å². The van der Waals surface area contributed by atoms with Crippen molar-refractivity contribution in [2.45, 2.75) is 46.1 Å². The number of carbonyl (C=O) groups is 2. The smallest absolute Gasteiger partial charge is 0.309 e. The minimum absolute atomic E-state index is 0.0289. The summed E-state index contributed by atoms with van der Waals surface area (Å²) in [7, 11) is 0. The zero-order chi connectivity index (χ0) is 24.9. The van der Waals surface area contributed by atoms with Crippen LogP contribution >= 0.6 is 11.6 Å². The predicted molar refractivity (Wildman–Crippen MR) is 132 cm³/mol. The highest BCUT2D eigenvalue weighted by atomic mass is 35.5. The molecule has 1 aromatic heterocycles. The number of esters is 1. The number of benzene rings is 2. The summed E-state index contributed by atoms with van der Waals surface area (Å²) < 4.78 is 10.4. The van der Waals surface area contributed by atoms with Crippen molar-refractivity contribution in [3.8, 4) is 11.1 Å². The molecule has 0 unspecified atom stereocenters. The van der Waals surface area contributed by atoms with E-state index >= 15 is 0 Å². The van der Waals surface area contributed by atoms with Gasteiger partial charge in [-0.2, -0.15) is 5.16 Å². The molecule has 0 aliphatic rings. The summed E-state index contributed by atoms with van der Waals surface area (Å²) in [5.74, 6) is -1.74. The van der Waals surface area contributed by atoms with E-state index in [1.165, 1.54) is 0 Å². The lowest BCUT2D eigenvalue weighted by Gasteiger charge is -2.24. The van der Waals surface area contributed by atoms with E-state index in [-0.39, 0.29) is 24.2 Å². The molecule has 2 atom stereocenters. The summed E-state index contributed by atoms with van der Waals surface area (Å²) in [6.07, 6.45) is 0.662. The molecule has 0 bridgehead atoms. The molecule has 1 heterocycles. The van der Waals surface area contributed by atoms with E-state index in [1.54, 1.807) is 27.7 Å². The molecule has 2 N–H and O–H groups in total. The molecule has 180 valence electrons. The molecule has 7 nitrogen and oxygen atoms in total. The van der Waals surface area contributed by atoms with Gasteiger partial charge in [-0.15, -0.1) is 0 Å². The van der Waals surface area contributed by atoms with Crippen LogP contribution in [0.15, 0.2) is 63.9 Å². The normalized spacial score (nSPS) is 13.2. The fourth-order valence-electron chi connectivity index (χ4n) is 3.56. The van der Waals surface area contributed by atoms with Crippen molar-refractivity contribution in [1.82, 2.24) is 5.16 Å². The quantitative estimate of drug-likeness (QED) is 0.414. The third-order valence-corrected chi connectivity index (χ3v) is 5.42. The van der Waals surface area contributed by atoms with Gasteiger partial charge in [0.2, 0.25) is 11.8 Å². The topological polar surface area (TPSA) is 101 Å². The Hall–Kier alpha value is -3.32. The number of carbonyl (C=O) groups excluding carboxylic acids is 2. The Morgan fingerprint density at radius 2 is 1.79 bits per heavy atom. The number of aromatic amines is 1. The molecule has 1 amide bonds. The average Bonchev–Trinajstić information content (AvgIpc) is 3.17. The molecule has 0 aliphatic carbocycles. The highest BCUT2D eigenvalue weighted by molar-refractivity contribution is 6.30. The Morgan fingerprint density at radius 1 is 1.09 bits per heavy atom. The second-order valence-corrected chi connectivity index (χ2v) is 9.78. The first-order valence-corrected chi connectivity index (χ1v) is 11.4. The van der Waals surface area contributed by atoms with Gasteiger partial charge in [0, 0.05) is 10.9 Å². The zero-order valence-electron chi connectivity index (χ0n) is 19.7. The van der Waals surface area contributed by atoms with Crippen molar-refractivity contribution in [2.24, 2.45) is 11.8 Å². The van der Waals surface area contributed by atoms with E-state index in [0.717, 1.165) is 22.8 Å². The number of ether oxygens (including phenoxy) is 1. The van der Waals surface area contributed by atoms with E-state index in [2.05, 4.69) is 10.5 Å². The molecule has 0 radical (unpaired) electrons. The Morgan fingerprint density at radius 3 is 2.38 bits per heavy atom. The standard InChI is InChI=1S/C26H29ClN2O5/c1-16(25(32)33-26(2,3)4)12-20(24(31)28-23-15-22(30)29-34-23)13-17-8-10-18(11-9-17)19-6-5-7-21(27)14-19/h5-11,14-16,20H,12-13H2,1-4H3,(H,28,31)(H,29,30)/t16-,20+/m1/s1. The van der Waals surface area contributed by atoms with Crippen LogP contribution in [-0.4, -0.2) is 22.6 Å². The van der Waals surface area contributed by atoms with Crippen molar-refractivity contribution in [3.05, 3.63) is 75.5 Å². The fourth-order valence-corrected chi connectivity index (χ4v) is 3.75. The van der Waals surface area contributed by atoms with Gasteiger partial charge in [0.05, 0.1) is 12.0 Å². The van der Waals surface area contributed by atoms with Gasteiger partial charge in [-0.25, -0.2) is 0 Å². The monoisotopic (exact) mass is 484 g/mol. The van der Waals surface area contributed by atoms with Gasteiger partial charge in [-0.05, 0) is 62.4 Å². The Balaban J connectivity index is 1.77. The van der Waals surface area contributed by atoms with E-state index in [0.29, 0.717) is 11.4 Å². The lowest BCUT2D eigenvalue weighted by molar-refractivity contribution is -0.160. The number of hydrogen-bond donors (Lipinski definition) is 2. The maximum absolute atomic E-state index is 13.0. The van der Waals surface area contributed by atoms with E-state index in [9.17, 15) is 14.4 Å². The van der Waals surface area contributed by atoms with Crippen LogP contribution in [0.5, 0.6) is 0 Å². The molecule has 34 heavy (non-hydrogen) atoms. The number of aromatic nitrogens is 1. The molecule has 3 aromatic rings. The van der Waals surface area contributed by atoms with Crippen LogP contribution in [0, 0.1) is 11.8 Å². The van der Waals surface area contributed by atoms with Crippen LogP contribution in [0.1, 0.15) is 39.7 Å². The summed E-state index contributed by atoms with van der Waals surface area (Å²) in [6.45, 7) is 7.15. The molecular formula is C26H29ClN2O5. The number of rotatable bonds is 8. The number of halogens is 1. The minimum atomic E-state index is -0.617. The van der Waals surface area contributed by atoms with Gasteiger partial charge >= 0.3 is 5.97 Å². The molecule has 0 fully saturated rings. The summed E-state index contributed by atoms with van der Waals surface area (Å²) in [6, 6.07) is 16.6. The SMILES string of the molecule is C[C@H](C[C@@H](Cc1ccc(-c2cccc(Cl)c2)cc1)C(=O)Nc1cc(=O)[nH]o1)C(=O)OC(C)(C)C. The number of H-pyrrole nitrogens is 1. The van der Waals surface area contributed by atoms with Crippen LogP contribution < -0.4 is 10.9 Å². The fraction of sp³-hybridized carbons (Fsp3) is 0.346. The number of hydrogen-bond acceptors (Lipinski definition) is 5. The van der Waals surface area contributed by atoms with E-state index < -0.39 is 23.0 Å². The molecule has 3 rings (SSSR count). The highest BCUT2D eigenvalue weighted by Crippen LogP contribution is 2.26. The first kappa shape index (κ1) is 25.3. The van der Waals surface area contributed by atoms with Crippen LogP contribution in [0.4, 0.5) is 5.88 Å². The van der Waals surface area contributed by atoms with Crippen LogP contribution in [-0.2, 0) is 20.7 Å². The Kier molecular flexibility index (Phi) is 7.99. The molecule has 0 saturated heterocycles. The van der Waals surface area contributed by atoms with Crippen molar-refractivity contribution in [1.29, 1.82) is 0 Å². The molecule has 2 aromatic carbocycles. The van der Waals surface area contributed by atoms with Crippen molar-refractivity contribution in [3.63, 3.8) is 0 Å². The maximum atomic E-state index is 13.0. The molecular weight excluding hydrogens is 456 g/mol. The lowest BCUT2D eigenvalue weighted by atomic mass is 9.88. The molecule has 0 spiro atoms. The van der Waals surface area contributed by atoms with Gasteiger partial charge < -0.3 is 9.26 Å². The number of nitrogens with one attached hydrogen (secondary N) is 2. The molecule has 8 heteroatoms. The number of amides is 1. The average molecular weight is 485 g/mol. The highest BCUT2D eigenvalue weighted by Gasteiger charge is 2.28. The number of anilines is 1. The Bertz CT molecular complexity index is 1190. The summed E-state index contributed by atoms with van der Waals surface area (Å²) >= 11 is 6.10. The largest absolute Gasteiger partial charge is 0.460 e. The Labute approximate surface area is 203 Å². The van der Waals surface area contributed by atoms with Gasteiger partial charge in [-0.1, -0.05) is 54.9 Å². The van der Waals surface area contributed by atoms with Crippen LogP contribution in [0.3, 0.4) is 0 Å². The van der Waals surface area contributed by atoms with Crippen molar-refractivity contribution >= 4 is 29.4 Å². The zero-order valence-corrected chi connectivity index (χ0v) is 20.4. The van der Waals surface area contributed by atoms with E-state index in [4.69, 9.17) is 20.9 Å². The van der Waals surface area contributed by atoms with Crippen molar-refractivity contribution in [2.75, 3.05) is 5.32 Å². The summed E-state index contributed by atoms with van der Waals surface area (Å²) in [5.41, 5.74) is 1.86. The summed E-state index contributed by atoms with van der Waals surface area (Å²) in [4.78, 5) is 36.9. The third kappa shape index (κ3) is 7.35. The van der Waals surface area contributed by atoms with Crippen LogP contribution in [0.25, 0.3) is 11.1 Å². The van der Waals surface area contributed by atoms with Gasteiger partial charge in [0.15, 0.2) is 0 Å².